The van der Waals surface area contributed by atoms with Crippen LogP contribution in [-0.2, 0) is 17.8 Å². The van der Waals surface area contributed by atoms with Crippen LogP contribution in [0.4, 0.5) is 0 Å². The third-order valence-electron chi connectivity index (χ3n) is 3.85. The number of amides is 1. The molecule has 1 N–H and O–H groups in total. The fourth-order valence-corrected chi connectivity index (χ4v) is 2.54. The molecule has 1 aromatic carbocycles. The van der Waals surface area contributed by atoms with Gasteiger partial charge in [-0.05, 0) is 42.0 Å². The summed E-state index contributed by atoms with van der Waals surface area (Å²) in [6.45, 7) is 0.199. The lowest BCUT2D eigenvalue weighted by atomic mass is 10.1. The van der Waals surface area contributed by atoms with Crippen molar-refractivity contribution in [1.82, 2.24) is 20.0 Å². The monoisotopic (exact) mass is 348 g/mol. The number of furan rings is 1. The van der Waals surface area contributed by atoms with E-state index in [0.29, 0.717) is 17.5 Å². The predicted molar refractivity (Wildman–Crippen MR) is 93.3 cm³/mol. The van der Waals surface area contributed by atoms with Gasteiger partial charge in [-0.1, -0.05) is 17.3 Å². The van der Waals surface area contributed by atoms with Gasteiger partial charge in [0.15, 0.2) is 11.6 Å². The van der Waals surface area contributed by atoms with Crippen molar-refractivity contribution in [3.63, 3.8) is 0 Å². The Morgan fingerprint density at radius 2 is 1.88 bits per heavy atom. The Labute approximate surface area is 149 Å². The summed E-state index contributed by atoms with van der Waals surface area (Å²) in [5.41, 5.74) is 1.99. The molecule has 0 aliphatic heterocycles. The zero-order valence-electron chi connectivity index (χ0n) is 13.8. The largest absolute Gasteiger partial charge is 0.459 e. The Balaban J connectivity index is 1.31. The molecule has 0 fully saturated rings. The molecule has 130 valence electrons. The van der Waals surface area contributed by atoms with E-state index in [9.17, 15) is 4.79 Å². The summed E-state index contributed by atoms with van der Waals surface area (Å²) in [4.78, 5) is 16.3. The van der Waals surface area contributed by atoms with Crippen molar-refractivity contribution >= 4 is 5.91 Å². The number of carbonyl (C=O) groups excluding carboxylic acids is 1. The predicted octanol–water partition coefficient (Wildman–Crippen LogP) is 2.98. The third-order valence-corrected chi connectivity index (χ3v) is 3.85. The summed E-state index contributed by atoms with van der Waals surface area (Å²) in [5.74, 6) is 1.08. The molecule has 1 amide bonds. The summed E-state index contributed by atoms with van der Waals surface area (Å²) in [6, 6.07) is 15.3. The van der Waals surface area contributed by atoms with Crippen LogP contribution in [0.25, 0.3) is 17.3 Å². The van der Waals surface area contributed by atoms with Gasteiger partial charge in [0.05, 0.1) is 19.2 Å². The number of nitrogens with one attached hydrogen (secondary N) is 1. The number of benzene rings is 1. The zero-order valence-corrected chi connectivity index (χ0v) is 13.8. The van der Waals surface area contributed by atoms with Crippen LogP contribution in [0, 0.1) is 0 Å². The van der Waals surface area contributed by atoms with Gasteiger partial charge in [0.2, 0.25) is 5.91 Å². The fourth-order valence-electron chi connectivity index (χ4n) is 2.54. The van der Waals surface area contributed by atoms with Crippen molar-refractivity contribution in [2.75, 3.05) is 0 Å². The van der Waals surface area contributed by atoms with E-state index in [-0.39, 0.29) is 18.9 Å². The molecule has 0 saturated carbocycles. The van der Waals surface area contributed by atoms with Crippen molar-refractivity contribution in [1.29, 1.82) is 0 Å². The van der Waals surface area contributed by atoms with Crippen LogP contribution in [0.5, 0.6) is 0 Å². The second-order valence-electron chi connectivity index (χ2n) is 5.70. The van der Waals surface area contributed by atoms with Gasteiger partial charge in [-0.25, -0.2) is 0 Å². The molecule has 7 heteroatoms. The second-order valence-corrected chi connectivity index (χ2v) is 5.70. The molecule has 0 unspecified atom stereocenters. The maximum atomic E-state index is 12.1. The SMILES string of the molecule is O=C(Cc1ccc(-n2cccc2)cc1)NCc1noc(-c2ccco2)n1. The molecular weight excluding hydrogens is 332 g/mol. The second kappa shape index (κ2) is 7.10. The van der Waals surface area contributed by atoms with E-state index in [1.54, 1.807) is 12.1 Å². The average molecular weight is 348 g/mol. The van der Waals surface area contributed by atoms with Gasteiger partial charge >= 0.3 is 0 Å². The number of carbonyl (C=O) groups is 1. The van der Waals surface area contributed by atoms with Crippen molar-refractivity contribution in [2.45, 2.75) is 13.0 Å². The van der Waals surface area contributed by atoms with Gasteiger partial charge in [-0.15, -0.1) is 0 Å². The molecule has 0 atom stereocenters. The highest BCUT2D eigenvalue weighted by Gasteiger charge is 2.12. The van der Waals surface area contributed by atoms with Crippen LogP contribution < -0.4 is 5.32 Å². The van der Waals surface area contributed by atoms with E-state index < -0.39 is 0 Å². The average Bonchev–Trinajstić information content (AvgIpc) is 3.42. The molecule has 0 bridgehead atoms. The van der Waals surface area contributed by atoms with E-state index in [0.717, 1.165) is 11.3 Å². The van der Waals surface area contributed by atoms with Gasteiger partial charge in [-0.3, -0.25) is 4.79 Å². The van der Waals surface area contributed by atoms with Crippen molar-refractivity contribution in [3.05, 3.63) is 78.6 Å². The Morgan fingerprint density at radius 1 is 1.08 bits per heavy atom. The Bertz CT molecular complexity index is 970. The number of aromatic nitrogens is 3. The molecule has 0 aliphatic rings. The molecule has 4 rings (SSSR count). The first-order valence-corrected chi connectivity index (χ1v) is 8.13. The lowest BCUT2D eigenvalue weighted by molar-refractivity contribution is -0.120. The van der Waals surface area contributed by atoms with Crippen LogP contribution in [0.2, 0.25) is 0 Å². The number of hydrogen-bond donors (Lipinski definition) is 1. The van der Waals surface area contributed by atoms with E-state index >= 15 is 0 Å². The van der Waals surface area contributed by atoms with Gasteiger partial charge in [-0.2, -0.15) is 4.98 Å². The van der Waals surface area contributed by atoms with E-state index in [1.807, 2.05) is 53.4 Å². The van der Waals surface area contributed by atoms with Crippen LogP contribution in [-0.4, -0.2) is 20.6 Å². The lowest BCUT2D eigenvalue weighted by Gasteiger charge is -2.06. The first-order valence-electron chi connectivity index (χ1n) is 8.13. The fraction of sp³-hybridized carbons (Fsp3) is 0.105. The first kappa shape index (κ1) is 15.9. The van der Waals surface area contributed by atoms with E-state index in [1.165, 1.54) is 6.26 Å². The van der Waals surface area contributed by atoms with Crippen LogP contribution in [0.15, 0.2) is 76.1 Å². The first-order chi connectivity index (χ1) is 12.8. The standard InChI is InChI=1S/C19H16N4O3/c24-18(12-14-5-7-15(8-6-14)23-9-1-2-10-23)20-13-17-21-19(26-22-17)16-4-3-11-25-16/h1-11H,12-13H2,(H,20,24). The molecule has 0 saturated heterocycles. The summed E-state index contributed by atoms with van der Waals surface area (Å²) in [5, 5.41) is 6.62. The molecule has 4 aromatic rings. The van der Waals surface area contributed by atoms with Gasteiger partial charge < -0.3 is 18.8 Å². The Morgan fingerprint density at radius 3 is 2.62 bits per heavy atom. The minimum atomic E-state index is -0.108. The molecule has 3 heterocycles. The molecule has 7 nitrogen and oxygen atoms in total. The highest BCUT2D eigenvalue weighted by atomic mass is 16.5. The van der Waals surface area contributed by atoms with Crippen molar-refractivity contribution in [2.24, 2.45) is 0 Å². The summed E-state index contributed by atoms with van der Waals surface area (Å²) < 4.78 is 12.3. The topological polar surface area (TPSA) is 86.1 Å². The van der Waals surface area contributed by atoms with Crippen LogP contribution in [0.3, 0.4) is 0 Å². The quantitative estimate of drug-likeness (QED) is 0.579. The maximum Gasteiger partial charge on any atom is 0.293 e. The zero-order chi connectivity index (χ0) is 17.8. The number of hydrogen-bond acceptors (Lipinski definition) is 5. The van der Waals surface area contributed by atoms with Gasteiger partial charge in [0.25, 0.3) is 5.89 Å². The molecule has 0 radical (unpaired) electrons. The maximum absolute atomic E-state index is 12.1. The Kier molecular flexibility index (Phi) is 4.34. The Hall–Kier alpha value is -3.61. The smallest absolute Gasteiger partial charge is 0.293 e. The van der Waals surface area contributed by atoms with Gasteiger partial charge in [0, 0.05) is 18.1 Å². The number of rotatable bonds is 6. The van der Waals surface area contributed by atoms with Gasteiger partial charge in [0.1, 0.15) is 0 Å². The van der Waals surface area contributed by atoms with E-state index in [4.69, 9.17) is 8.94 Å². The molecule has 0 aliphatic carbocycles. The minimum absolute atomic E-state index is 0.108. The number of nitrogens with zero attached hydrogens (tertiary/aromatic N) is 3. The summed E-state index contributed by atoms with van der Waals surface area (Å²) in [6.07, 6.45) is 5.77. The molecule has 3 aromatic heterocycles. The molecule has 0 spiro atoms. The van der Waals surface area contributed by atoms with Crippen molar-refractivity contribution < 1.29 is 13.7 Å². The molecule has 26 heavy (non-hydrogen) atoms. The highest BCUT2D eigenvalue weighted by molar-refractivity contribution is 5.78. The highest BCUT2D eigenvalue weighted by Crippen LogP contribution is 2.17. The van der Waals surface area contributed by atoms with Crippen LogP contribution >= 0.6 is 0 Å². The minimum Gasteiger partial charge on any atom is -0.459 e. The molecular formula is C19H16N4O3. The summed E-state index contributed by atoms with van der Waals surface area (Å²) >= 11 is 0. The lowest BCUT2D eigenvalue weighted by Crippen LogP contribution is -2.25. The van der Waals surface area contributed by atoms with Crippen molar-refractivity contribution in [3.8, 4) is 17.3 Å². The van der Waals surface area contributed by atoms with E-state index in [2.05, 4.69) is 15.5 Å². The summed E-state index contributed by atoms with van der Waals surface area (Å²) in [7, 11) is 0. The normalized spacial score (nSPS) is 10.8. The van der Waals surface area contributed by atoms with Crippen LogP contribution in [0.1, 0.15) is 11.4 Å². The third kappa shape index (κ3) is 3.56.